The molecule has 0 saturated carbocycles. The number of allylic oxidation sites excluding steroid dienone is 4. The van der Waals surface area contributed by atoms with Crippen molar-refractivity contribution in [1.29, 1.82) is 0 Å². The van der Waals surface area contributed by atoms with Crippen molar-refractivity contribution >= 4 is 58.7 Å². The Balaban J connectivity index is 0.00000308. The van der Waals surface area contributed by atoms with Gasteiger partial charge in [-0.3, -0.25) is 0 Å². The predicted octanol–water partition coefficient (Wildman–Crippen LogP) is 17.7. The zero-order valence-electron chi connectivity index (χ0n) is 48.6. The summed E-state index contributed by atoms with van der Waals surface area (Å²) >= 11 is -0.944. The molecule has 0 saturated heterocycles. The van der Waals surface area contributed by atoms with E-state index in [9.17, 15) is 0 Å². The van der Waals surface area contributed by atoms with Gasteiger partial charge < -0.3 is 0 Å². The van der Waals surface area contributed by atoms with Crippen LogP contribution in [0.1, 0.15) is 128 Å². The number of benzene rings is 9. The molecule has 1 atom stereocenters. The normalized spacial score (nSPS) is 13.2. The molecule has 9 aromatic carbocycles. The molecular weight excluding hydrogens is 1080 g/mol. The largest absolute Gasteiger partial charge is 0.147 e. The van der Waals surface area contributed by atoms with Crippen LogP contribution in [0.5, 0.6) is 0 Å². The number of hydrogen-bond acceptors (Lipinski definition) is 0. The van der Waals surface area contributed by atoms with E-state index in [1.165, 1.54) is 106 Å². The SMILES string of the molecule is CC1=C(C)C(C)[C]([Ti][Si](c2cc(Cc3ccccc3)c(Cc3ccccc3)c(C)c2C)(c2cc(Cc3ccccc3)c(Cc3ccccc3)c(C)c2C)c2cc(Cc3ccccc3)c(Cc3ccccc3)c(C)c2C)=C1C.Cl.Cl.Cl. The smallest absolute Gasteiger partial charge is 0.147 e. The van der Waals surface area contributed by atoms with Gasteiger partial charge in [-0.2, -0.15) is 0 Å². The number of hydrogen-bond donors (Lipinski definition) is 0. The maximum atomic E-state index is 2.82. The number of halogens is 3. The van der Waals surface area contributed by atoms with Crippen molar-refractivity contribution in [2.45, 2.75) is 108 Å². The average molecular weight is 1160 g/mol. The van der Waals surface area contributed by atoms with Crippen LogP contribution in [0.3, 0.4) is 0 Å². The van der Waals surface area contributed by atoms with Crippen molar-refractivity contribution < 1.29 is 18.4 Å². The molecule has 0 aromatic heterocycles. The predicted molar refractivity (Wildman–Crippen MR) is 350 cm³/mol. The van der Waals surface area contributed by atoms with Gasteiger partial charge in [0, 0.05) is 0 Å². The van der Waals surface area contributed by atoms with Gasteiger partial charge in [-0.25, -0.2) is 0 Å². The minimum Gasteiger partial charge on any atom is -0.147 e. The maximum absolute atomic E-state index is 3.11. The Kier molecular flexibility index (Phi) is 21.2. The number of rotatable bonds is 17. The Morgan fingerprint density at radius 1 is 0.312 bits per heavy atom. The summed E-state index contributed by atoms with van der Waals surface area (Å²) in [4.78, 5) is 0. The molecule has 0 spiro atoms. The molecule has 0 fully saturated rings. The third-order valence-electron chi connectivity index (χ3n) is 17.9. The maximum Gasteiger partial charge on any atom is -0.147 e. The topological polar surface area (TPSA) is 0 Å². The molecule has 0 amide bonds. The van der Waals surface area contributed by atoms with Gasteiger partial charge in [0.05, 0.1) is 0 Å². The average Bonchev–Trinajstić information content (AvgIpc) is 3.70. The molecule has 5 heteroatoms. The fourth-order valence-electron chi connectivity index (χ4n) is 12.7. The fraction of sp³-hybridized carbons (Fsp3) is 0.227. The Hall–Kier alpha value is -5.74. The quantitative estimate of drug-likeness (QED) is 0.0630. The van der Waals surface area contributed by atoms with Crippen LogP contribution in [-0.2, 0) is 56.9 Å². The van der Waals surface area contributed by atoms with Crippen molar-refractivity contribution in [3.05, 3.63) is 321 Å². The van der Waals surface area contributed by atoms with Crippen LogP contribution < -0.4 is 15.6 Å². The van der Waals surface area contributed by atoms with E-state index in [-0.39, 0.29) is 37.2 Å². The molecule has 0 N–H and O–H groups in total. The molecule has 0 bridgehead atoms. The molecule has 0 heterocycles. The van der Waals surface area contributed by atoms with Crippen LogP contribution in [0.4, 0.5) is 0 Å². The molecule has 1 aliphatic rings. The Labute approximate surface area is 507 Å². The zero-order valence-corrected chi connectivity index (χ0v) is 53.6. The van der Waals surface area contributed by atoms with Gasteiger partial charge in [0.2, 0.25) is 0 Å². The monoisotopic (exact) mass is 1160 g/mol. The standard InChI is InChI=1S/C66H63Si.C9H13.3ClH.Ti/c1-46-49(4)64(43-58(37-52-25-13-7-14-26-52)61(46)40-55-31-19-10-20-32-55)67(65-44-59(38-53-27-15-8-16-28-53)62(47(2)50(65)5)41-56-33-21-11-22-34-56)66-45-60(39-54-29-17-9-18-30-54)63(48(3)51(66)6)42-57-35-23-12-24-36-57;1-6-5-7(2)9(4)8(6)3;;;;/h7-36,43-45H,37-42H2,1-6H3;6H,1-4H3;3*1H;. The third kappa shape index (κ3) is 12.8. The van der Waals surface area contributed by atoms with Gasteiger partial charge in [0.25, 0.3) is 0 Å². The first-order valence-electron chi connectivity index (χ1n) is 28.1. The molecule has 10 rings (SSSR count). The zero-order chi connectivity index (χ0) is 53.8. The minimum absolute atomic E-state index is 0. The van der Waals surface area contributed by atoms with E-state index in [2.05, 4.69) is 269 Å². The van der Waals surface area contributed by atoms with Gasteiger partial charge in [0.15, 0.2) is 0 Å². The van der Waals surface area contributed by atoms with Crippen molar-refractivity contribution in [2.75, 3.05) is 0 Å². The van der Waals surface area contributed by atoms with Crippen LogP contribution >= 0.6 is 37.2 Å². The molecule has 1 unspecified atom stereocenters. The van der Waals surface area contributed by atoms with Crippen molar-refractivity contribution in [3.63, 3.8) is 0 Å². The first kappa shape index (κ1) is 61.9. The Bertz CT molecular complexity index is 3290. The summed E-state index contributed by atoms with van der Waals surface area (Å²) in [7, 11) is 0. The molecule has 0 aliphatic heterocycles. The van der Waals surface area contributed by atoms with Crippen LogP contribution in [-0.4, -0.2) is 5.94 Å². The molecule has 0 nitrogen and oxygen atoms in total. The first-order chi connectivity index (χ1) is 37.3. The Morgan fingerprint density at radius 3 is 0.775 bits per heavy atom. The van der Waals surface area contributed by atoms with Crippen molar-refractivity contribution in [2.24, 2.45) is 5.92 Å². The van der Waals surface area contributed by atoms with E-state index in [1.54, 1.807) is 30.6 Å². The second-order valence-electron chi connectivity index (χ2n) is 22.4. The molecule has 9 aromatic rings. The van der Waals surface area contributed by atoms with E-state index >= 15 is 0 Å². The van der Waals surface area contributed by atoms with Gasteiger partial charge in [0.1, 0.15) is 0 Å². The molecule has 0 radical (unpaired) electrons. The van der Waals surface area contributed by atoms with Crippen molar-refractivity contribution in [3.8, 4) is 0 Å². The van der Waals surface area contributed by atoms with E-state index < -0.39 is 24.3 Å². The fourth-order valence-corrected chi connectivity index (χ4v) is 28.2. The van der Waals surface area contributed by atoms with Gasteiger partial charge >= 0.3 is 475 Å². The van der Waals surface area contributed by atoms with E-state index in [0.29, 0.717) is 5.92 Å². The minimum atomic E-state index is -3.11. The van der Waals surface area contributed by atoms with E-state index in [0.717, 1.165) is 38.5 Å². The molecule has 80 heavy (non-hydrogen) atoms. The first-order valence-corrected chi connectivity index (χ1v) is 33.2. The molecular formula is C75H79Cl3SiTi. The molecule has 408 valence electrons. The van der Waals surface area contributed by atoms with Crippen molar-refractivity contribution in [1.82, 2.24) is 0 Å². The summed E-state index contributed by atoms with van der Waals surface area (Å²) in [5, 5.41) is 4.88. The van der Waals surface area contributed by atoms with Crippen LogP contribution in [0.15, 0.2) is 221 Å². The van der Waals surface area contributed by atoms with Crippen LogP contribution in [0.25, 0.3) is 0 Å². The third-order valence-corrected chi connectivity index (χ3v) is 30.6. The summed E-state index contributed by atoms with van der Waals surface area (Å²) in [5.74, 6) is -2.71. The van der Waals surface area contributed by atoms with Gasteiger partial charge in [-0.15, -0.1) is 37.2 Å². The van der Waals surface area contributed by atoms with Crippen LogP contribution in [0, 0.1) is 47.5 Å². The second kappa shape index (κ2) is 27.4. The van der Waals surface area contributed by atoms with Crippen LogP contribution in [0.2, 0.25) is 0 Å². The summed E-state index contributed by atoms with van der Waals surface area (Å²) in [6, 6.07) is 76.0. The summed E-state index contributed by atoms with van der Waals surface area (Å²) in [6.07, 6.45) is 5.39. The van der Waals surface area contributed by atoms with E-state index in [4.69, 9.17) is 0 Å². The van der Waals surface area contributed by atoms with Gasteiger partial charge in [-0.1, -0.05) is 0 Å². The van der Waals surface area contributed by atoms with E-state index in [1.807, 2.05) is 0 Å². The summed E-state index contributed by atoms with van der Waals surface area (Å²) in [5.41, 5.74) is 30.4. The van der Waals surface area contributed by atoms with Gasteiger partial charge in [-0.05, 0) is 0 Å². The Morgan fingerprint density at radius 2 is 0.550 bits per heavy atom. The second-order valence-corrected chi connectivity index (χ2v) is 31.2. The summed E-state index contributed by atoms with van der Waals surface area (Å²) in [6.45, 7) is 24.9. The molecule has 1 aliphatic carbocycles. The summed E-state index contributed by atoms with van der Waals surface area (Å²) < 4.78 is 1.74.